The van der Waals surface area contributed by atoms with Crippen molar-refractivity contribution in [1.29, 1.82) is 0 Å². The summed E-state index contributed by atoms with van der Waals surface area (Å²) < 4.78 is 0. The van der Waals surface area contributed by atoms with Crippen LogP contribution in [0.3, 0.4) is 0 Å². The van der Waals surface area contributed by atoms with Gasteiger partial charge in [-0.05, 0) is 74.2 Å². The molecule has 30 heavy (non-hydrogen) atoms. The molecule has 2 aromatic rings. The third-order valence-corrected chi connectivity index (χ3v) is 7.21. The molecule has 0 unspecified atom stereocenters. The van der Waals surface area contributed by atoms with E-state index >= 15 is 0 Å². The molecule has 2 fully saturated rings. The lowest BCUT2D eigenvalue weighted by atomic mass is 9.74. The van der Waals surface area contributed by atoms with Crippen LogP contribution in [0.1, 0.15) is 30.4 Å². The maximum absolute atomic E-state index is 12.9. The average Bonchev–Trinajstić information content (AvgIpc) is 3.08. The third kappa shape index (κ3) is 4.55. The number of imide groups is 1. The molecule has 0 radical (unpaired) electrons. The van der Waals surface area contributed by atoms with Crippen LogP contribution in [0.2, 0.25) is 0 Å². The van der Waals surface area contributed by atoms with Crippen LogP contribution in [0, 0.1) is 5.92 Å². The fourth-order valence-corrected chi connectivity index (χ4v) is 5.14. The minimum Gasteiger partial charge on any atom is -0.323 e. The summed E-state index contributed by atoms with van der Waals surface area (Å²) in [7, 11) is 0. The number of amides is 3. The first-order valence-electron chi connectivity index (χ1n) is 10.6. The van der Waals surface area contributed by atoms with Crippen molar-refractivity contribution < 1.29 is 9.59 Å². The molecule has 0 spiro atoms. The SMILES string of the molecule is CSc1ccc(CN2CCC([C@@]3(CCc4ccccc4)NC(=O)NC3=O)CC2)cc1. The number of aryl methyl sites for hydroxylation is 1. The molecule has 0 aromatic heterocycles. The smallest absolute Gasteiger partial charge is 0.322 e. The Morgan fingerprint density at radius 2 is 1.70 bits per heavy atom. The van der Waals surface area contributed by atoms with Gasteiger partial charge in [0.2, 0.25) is 0 Å². The fraction of sp³-hybridized carbons (Fsp3) is 0.417. The second-order valence-electron chi connectivity index (χ2n) is 8.26. The number of carbonyl (C=O) groups excluding carboxylic acids is 2. The largest absolute Gasteiger partial charge is 0.323 e. The predicted molar refractivity (Wildman–Crippen MR) is 120 cm³/mol. The molecule has 0 saturated carbocycles. The van der Waals surface area contributed by atoms with Gasteiger partial charge in [0, 0.05) is 11.4 Å². The molecular formula is C24H29N3O2S. The highest BCUT2D eigenvalue weighted by atomic mass is 32.2. The Morgan fingerprint density at radius 1 is 1.00 bits per heavy atom. The zero-order valence-electron chi connectivity index (χ0n) is 17.4. The highest BCUT2D eigenvalue weighted by Crippen LogP contribution is 2.35. The molecule has 6 heteroatoms. The van der Waals surface area contributed by atoms with Gasteiger partial charge >= 0.3 is 6.03 Å². The van der Waals surface area contributed by atoms with E-state index in [4.69, 9.17) is 0 Å². The van der Waals surface area contributed by atoms with E-state index < -0.39 is 5.54 Å². The normalized spacial score (nSPS) is 22.7. The van der Waals surface area contributed by atoms with Crippen LogP contribution >= 0.6 is 11.8 Å². The monoisotopic (exact) mass is 423 g/mol. The van der Waals surface area contributed by atoms with Gasteiger partial charge in [-0.1, -0.05) is 42.5 Å². The van der Waals surface area contributed by atoms with E-state index in [1.807, 2.05) is 18.2 Å². The molecule has 2 saturated heterocycles. The first kappa shape index (κ1) is 20.9. The number of nitrogens with zero attached hydrogens (tertiary/aromatic N) is 1. The van der Waals surface area contributed by atoms with Crippen LogP contribution < -0.4 is 10.6 Å². The van der Waals surface area contributed by atoms with E-state index in [9.17, 15) is 9.59 Å². The van der Waals surface area contributed by atoms with Gasteiger partial charge in [-0.15, -0.1) is 11.8 Å². The molecule has 0 aliphatic carbocycles. The lowest BCUT2D eigenvalue weighted by molar-refractivity contribution is -0.127. The van der Waals surface area contributed by atoms with Crippen LogP contribution in [0.15, 0.2) is 59.5 Å². The quantitative estimate of drug-likeness (QED) is 0.525. The molecule has 2 aliphatic heterocycles. The Morgan fingerprint density at radius 3 is 2.30 bits per heavy atom. The predicted octanol–water partition coefficient (Wildman–Crippen LogP) is 3.83. The molecule has 0 bridgehead atoms. The van der Waals surface area contributed by atoms with E-state index in [1.165, 1.54) is 16.0 Å². The molecule has 2 heterocycles. The summed E-state index contributed by atoms with van der Waals surface area (Å²) in [6, 6.07) is 18.6. The van der Waals surface area contributed by atoms with Gasteiger partial charge in [0.05, 0.1) is 0 Å². The minimum atomic E-state index is -0.793. The molecule has 2 aliphatic rings. The Kier molecular flexibility index (Phi) is 6.44. The first-order valence-corrected chi connectivity index (χ1v) is 11.8. The number of carbonyl (C=O) groups is 2. The van der Waals surface area contributed by atoms with Crippen molar-refractivity contribution >= 4 is 23.7 Å². The molecular weight excluding hydrogens is 394 g/mol. The van der Waals surface area contributed by atoms with Gasteiger partial charge in [-0.3, -0.25) is 15.0 Å². The van der Waals surface area contributed by atoms with E-state index in [-0.39, 0.29) is 17.9 Å². The highest BCUT2D eigenvalue weighted by molar-refractivity contribution is 7.98. The van der Waals surface area contributed by atoms with Crippen LogP contribution in [-0.4, -0.2) is 41.7 Å². The van der Waals surface area contributed by atoms with Gasteiger partial charge in [0.1, 0.15) is 5.54 Å². The van der Waals surface area contributed by atoms with Crippen LogP contribution in [-0.2, 0) is 17.8 Å². The third-order valence-electron chi connectivity index (χ3n) is 6.47. The maximum Gasteiger partial charge on any atom is 0.322 e. The number of hydrogen-bond acceptors (Lipinski definition) is 4. The number of piperidine rings is 1. The second-order valence-corrected chi connectivity index (χ2v) is 9.14. The molecule has 158 valence electrons. The number of rotatable bonds is 7. The van der Waals surface area contributed by atoms with Gasteiger partial charge in [-0.25, -0.2) is 4.79 Å². The van der Waals surface area contributed by atoms with Crippen molar-refractivity contribution in [3.05, 3.63) is 65.7 Å². The summed E-state index contributed by atoms with van der Waals surface area (Å²) >= 11 is 1.75. The van der Waals surface area contributed by atoms with Gasteiger partial charge in [-0.2, -0.15) is 0 Å². The summed E-state index contributed by atoms with van der Waals surface area (Å²) in [5.41, 5.74) is 1.72. The Bertz CT molecular complexity index is 879. The minimum absolute atomic E-state index is 0.155. The lowest BCUT2D eigenvalue weighted by Gasteiger charge is -2.40. The van der Waals surface area contributed by atoms with Crippen molar-refractivity contribution in [3.63, 3.8) is 0 Å². The number of benzene rings is 2. The Hall–Kier alpha value is -2.31. The summed E-state index contributed by atoms with van der Waals surface area (Å²) in [6.45, 7) is 2.80. The van der Waals surface area contributed by atoms with Crippen molar-refractivity contribution in [2.24, 2.45) is 5.92 Å². The summed E-state index contributed by atoms with van der Waals surface area (Å²) in [4.78, 5) is 28.6. The van der Waals surface area contributed by atoms with E-state index in [2.05, 4.69) is 58.2 Å². The van der Waals surface area contributed by atoms with Crippen molar-refractivity contribution in [3.8, 4) is 0 Å². The second kappa shape index (κ2) is 9.23. The van der Waals surface area contributed by atoms with E-state index in [0.717, 1.165) is 38.9 Å². The van der Waals surface area contributed by atoms with Crippen molar-refractivity contribution in [2.45, 2.75) is 42.7 Å². The zero-order valence-corrected chi connectivity index (χ0v) is 18.2. The number of urea groups is 1. The summed E-state index contributed by atoms with van der Waals surface area (Å²) in [5.74, 6) is -0.00249. The van der Waals surface area contributed by atoms with E-state index in [0.29, 0.717) is 6.42 Å². The lowest BCUT2D eigenvalue weighted by Crippen LogP contribution is -2.56. The number of hydrogen-bond donors (Lipinski definition) is 2. The Balaban J connectivity index is 1.40. The summed E-state index contributed by atoms with van der Waals surface area (Å²) in [6.07, 6.45) is 5.31. The highest BCUT2D eigenvalue weighted by Gasteiger charge is 2.51. The first-order chi connectivity index (χ1) is 14.6. The van der Waals surface area contributed by atoms with Gasteiger partial charge in [0.15, 0.2) is 0 Å². The van der Waals surface area contributed by atoms with Crippen molar-refractivity contribution in [2.75, 3.05) is 19.3 Å². The standard InChI is InChI=1S/C24H29N3O2S/c1-30-21-9-7-19(8-10-21)17-27-15-12-20(13-16-27)24(22(28)25-23(29)26-24)14-11-18-5-3-2-4-6-18/h2-10,20H,11-17H2,1H3,(H2,25,26,28,29)/t24-/m1/s1. The summed E-state index contributed by atoms with van der Waals surface area (Å²) in [5, 5.41) is 5.51. The average molecular weight is 424 g/mol. The zero-order chi connectivity index (χ0) is 21.0. The molecule has 2 aromatic carbocycles. The topological polar surface area (TPSA) is 61.4 Å². The maximum atomic E-state index is 12.9. The Labute approximate surface area is 182 Å². The van der Waals surface area contributed by atoms with Crippen LogP contribution in [0.5, 0.6) is 0 Å². The molecule has 2 N–H and O–H groups in total. The number of nitrogens with one attached hydrogen (secondary N) is 2. The number of thioether (sulfide) groups is 1. The fourth-order valence-electron chi connectivity index (χ4n) is 4.73. The van der Waals surface area contributed by atoms with Crippen LogP contribution in [0.4, 0.5) is 4.79 Å². The molecule has 5 nitrogen and oxygen atoms in total. The number of likely N-dealkylation sites (tertiary alicyclic amines) is 1. The molecule has 4 rings (SSSR count). The van der Waals surface area contributed by atoms with Crippen LogP contribution in [0.25, 0.3) is 0 Å². The molecule has 1 atom stereocenters. The van der Waals surface area contributed by atoms with Gasteiger partial charge in [0.25, 0.3) is 5.91 Å². The van der Waals surface area contributed by atoms with E-state index in [1.54, 1.807) is 11.8 Å². The van der Waals surface area contributed by atoms with Gasteiger partial charge < -0.3 is 5.32 Å². The van der Waals surface area contributed by atoms with Crippen molar-refractivity contribution in [1.82, 2.24) is 15.5 Å². The molecule has 3 amide bonds.